The first-order valence-electron chi connectivity index (χ1n) is 7.95. The molecule has 1 aliphatic carbocycles. The highest BCUT2D eigenvalue weighted by Crippen LogP contribution is 2.38. The Morgan fingerprint density at radius 2 is 1.39 bits per heavy atom. The highest BCUT2D eigenvalue weighted by atomic mass is 14.2. The van der Waals surface area contributed by atoms with Crippen molar-refractivity contribution in [3.05, 3.63) is 11.1 Å². The maximum Gasteiger partial charge on any atom is 0.0621 e. The fourth-order valence-electron chi connectivity index (χ4n) is 2.56. The smallest absolute Gasteiger partial charge is 0.0621 e. The number of nitrogens with zero attached hydrogens (tertiary/aromatic N) is 1. The van der Waals surface area contributed by atoms with Crippen LogP contribution in [0.4, 0.5) is 0 Å². The minimum absolute atomic E-state index is 0.745. The van der Waals surface area contributed by atoms with E-state index in [2.05, 4.69) is 13.0 Å². The summed E-state index contributed by atoms with van der Waals surface area (Å²) in [5.74, 6) is 0. The minimum atomic E-state index is 0.745. The molecule has 0 aliphatic heterocycles. The molecule has 0 saturated carbocycles. The summed E-state index contributed by atoms with van der Waals surface area (Å²) >= 11 is 0. The molecule has 1 heteroatoms. The van der Waals surface area contributed by atoms with Crippen LogP contribution in [-0.4, -0.2) is 0 Å². The summed E-state index contributed by atoms with van der Waals surface area (Å²) in [6.07, 6.45) is 16.9. The Kier molecular flexibility index (Phi) is 8.65. The Hall–Kier alpha value is -0.770. The van der Waals surface area contributed by atoms with Crippen LogP contribution in [0, 0.1) is 11.3 Å². The fraction of sp³-hybridized carbons (Fsp3) is 0.824. The van der Waals surface area contributed by atoms with Gasteiger partial charge in [0.15, 0.2) is 0 Å². The second-order valence-corrected chi connectivity index (χ2v) is 5.62. The number of hydrogen-bond donors (Lipinski definition) is 0. The quantitative estimate of drug-likeness (QED) is 0.310. The van der Waals surface area contributed by atoms with E-state index in [-0.39, 0.29) is 0 Å². The molecule has 0 saturated heterocycles. The molecule has 1 rings (SSSR count). The van der Waals surface area contributed by atoms with E-state index in [9.17, 15) is 0 Å². The molecule has 102 valence electrons. The topological polar surface area (TPSA) is 23.8 Å². The molecule has 0 atom stereocenters. The van der Waals surface area contributed by atoms with Gasteiger partial charge >= 0.3 is 0 Å². The van der Waals surface area contributed by atoms with Gasteiger partial charge in [-0.3, -0.25) is 0 Å². The molecule has 1 nitrogen and oxygen atoms in total. The van der Waals surface area contributed by atoms with E-state index in [0.717, 1.165) is 12.8 Å². The van der Waals surface area contributed by atoms with E-state index in [1.54, 1.807) is 11.1 Å². The van der Waals surface area contributed by atoms with Gasteiger partial charge in [0, 0.05) is 6.42 Å². The molecule has 0 radical (unpaired) electrons. The third-order valence-corrected chi connectivity index (χ3v) is 3.90. The minimum Gasteiger partial charge on any atom is -0.198 e. The van der Waals surface area contributed by atoms with E-state index in [0.29, 0.717) is 0 Å². The average molecular weight is 247 g/mol. The molecular weight excluding hydrogens is 218 g/mol. The zero-order chi connectivity index (χ0) is 13.1. The van der Waals surface area contributed by atoms with E-state index >= 15 is 0 Å². The first-order chi connectivity index (χ1) is 8.88. The zero-order valence-electron chi connectivity index (χ0n) is 12.1. The summed E-state index contributed by atoms with van der Waals surface area (Å²) in [5.41, 5.74) is 3.57. The van der Waals surface area contributed by atoms with Gasteiger partial charge in [-0.1, -0.05) is 56.6 Å². The number of hydrogen-bond acceptors (Lipinski definition) is 1. The van der Waals surface area contributed by atoms with Crippen LogP contribution in [0.3, 0.4) is 0 Å². The Labute approximate surface area is 113 Å². The van der Waals surface area contributed by atoms with Crippen molar-refractivity contribution in [3.63, 3.8) is 0 Å². The molecule has 0 N–H and O–H groups in total. The molecule has 0 aromatic rings. The van der Waals surface area contributed by atoms with Gasteiger partial charge in [0.25, 0.3) is 0 Å². The first kappa shape index (κ1) is 15.3. The molecular formula is C17H29N. The van der Waals surface area contributed by atoms with Crippen molar-refractivity contribution in [3.8, 4) is 6.07 Å². The summed E-state index contributed by atoms with van der Waals surface area (Å²) in [4.78, 5) is 0. The molecule has 0 aromatic heterocycles. The highest BCUT2D eigenvalue weighted by Gasteiger charge is 2.18. The normalized spacial score (nSPS) is 13.8. The second-order valence-electron chi connectivity index (χ2n) is 5.62. The SMILES string of the molecule is CCCCC1=C(CCCCCCCCCC#N)C1. The Morgan fingerprint density at radius 1 is 0.833 bits per heavy atom. The highest BCUT2D eigenvalue weighted by molar-refractivity contribution is 5.34. The first-order valence-corrected chi connectivity index (χ1v) is 7.95. The zero-order valence-corrected chi connectivity index (χ0v) is 12.1. The molecule has 0 fully saturated rings. The Bertz CT molecular complexity index is 282. The van der Waals surface area contributed by atoms with Crippen molar-refractivity contribution in [1.82, 2.24) is 0 Å². The van der Waals surface area contributed by atoms with E-state index in [1.807, 2.05) is 0 Å². The van der Waals surface area contributed by atoms with Crippen LogP contribution < -0.4 is 0 Å². The van der Waals surface area contributed by atoms with Crippen LogP contribution >= 0.6 is 0 Å². The summed E-state index contributed by atoms with van der Waals surface area (Å²) in [5, 5.41) is 8.42. The lowest BCUT2D eigenvalue weighted by atomic mass is 10.1. The van der Waals surface area contributed by atoms with Crippen molar-refractivity contribution in [1.29, 1.82) is 5.26 Å². The standard InChI is InChI=1S/C17H29N/c1-2-3-12-16-15-17(16)13-10-8-6-4-5-7-9-11-14-18/h2-13,15H2,1H3. The summed E-state index contributed by atoms with van der Waals surface area (Å²) in [7, 11) is 0. The maximum absolute atomic E-state index is 8.42. The van der Waals surface area contributed by atoms with Gasteiger partial charge in [-0.25, -0.2) is 0 Å². The average Bonchev–Trinajstić information content (AvgIpc) is 3.13. The van der Waals surface area contributed by atoms with Crippen molar-refractivity contribution in [2.75, 3.05) is 0 Å². The Morgan fingerprint density at radius 3 is 2.00 bits per heavy atom. The van der Waals surface area contributed by atoms with Crippen LogP contribution in [0.2, 0.25) is 0 Å². The lowest BCUT2D eigenvalue weighted by Crippen LogP contribution is -1.80. The van der Waals surface area contributed by atoms with Crippen molar-refractivity contribution in [2.24, 2.45) is 0 Å². The molecule has 0 aromatic carbocycles. The van der Waals surface area contributed by atoms with Gasteiger partial charge in [-0.2, -0.15) is 5.26 Å². The van der Waals surface area contributed by atoms with E-state index in [4.69, 9.17) is 5.26 Å². The molecule has 0 amide bonds. The van der Waals surface area contributed by atoms with Crippen molar-refractivity contribution >= 4 is 0 Å². The lowest BCUT2D eigenvalue weighted by molar-refractivity contribution is 0.583. The lowest BCUT2D eigenvalue weighted by Gasteiger charge is -1.99. The van der Waals surface area contributed by atoms with Crippen LogP contribution in [-0.2, 0) is 0 Å². The number of rotatable bonds is 12. The molecule has 0 heterocycles. The predicted octanol–water partition coefficient (Wildman–Crippen LogP) is 5.91. The van der Waals surface area contributed by atoms with Gasteiger partial charge in [-0.05, 0) is 38.5 Å². The Balaban J connectivity index is 1.80. The maximum atomic E-state index is 8.42. The third kappa shape index (κ3) is 7.54. The van der Waals surface area contributed by atoms with Crippen molar-refractivity contribution in [2.45, 2.75) is 90.4 Å². The van der Waals surface area contributed by atoms with Crippen LogP contribution in [0.25, 0.3) is 0 Å². The van der Waals surface area contributed by atoms with Gasteiger partial charge in [0.2, 0.25) is 0 Å². The van der Waals surface area contributed by atoms with Crippen LogP contribution in [0.15, 0.2) is 11.1 Å². The van der Waals surface area contributed by atoms with Gasteiger partial charge < -0.3 is 0 Å². The van der Waals surface area contributed by atoms with Gasteiger partial charge in [0.1, 0.15) is 0 Å². The fourth-order valence-corrected chi connectivity index (χ4v) is 2.56. The largest absolute Gasteiger partial charge is 0.198 e. The number of unbranched alkanes of at least 4 members (excludes halogenated alkanes) is 8. The second kappa shape index (κ2) is 10.2. The van der Waals surface area contributed by atoms with E-state index < -0.39 is 0 Å². The summed E-state index contributed by atoms with van der Waals surface area (Å²) in [6, 6.07) is 2.21. The molecule has 0 unspecified atom stereocenters. The van der Waals surface area contributed by atoms with Gasteiger partial charge in [0.05, 0.1) is 6.07 Å². The van der Waals surface area contributed by atoms with Gasteiger partial charge in [-0.15, -0.1) is 0 Å². The van der Waals surface area contributed by atoms with Crippen molar-refractivity contribution < 1.29 is 0 Å². The van der Waals surface area contributed by atoms with Crippen LogP contribution in [0.1, 0.15) is 90.4 Å². The molecule has 0 spiro atoms. The number of nitriles is 1. The molecule has 1 aliphatic rings. The van der Waals surface area contributed by atoms with E-state index in [1.165, 1.54) is 70.6 Å². The molecule has 0 bridgehead atoms. The number of allylic oxidation sites excluding steroid dienone is 2. The van der Waals surface area contributed by atoms with Crippen LogP contribution in [0.5, 0.6) is 0 Å². The third-order valence-electron chi connectivity index (χ3n) is 3.90. The molecule has 18 heavy (non-hydrogen) atoms. The summed E-state index contributed by atoms with van der Waals surface area (Å²) in [6.45, 7) is 2.28. The monoisotopic (exact) mass is 247 g/mol. The summed E-state index contributed by atoms with van der Waals surface area (Å²) < 4.78 is 0. The predicted molar refractivity (Wildman–Crippen MR) is 78.3 cm³/mol.